The molecule has 3 aromatic carbocycles. The quantitative estimate of drug-likeness (QED) is 0.428. The number of hydrazone groups is 1. The molecule has 0 aliphatic rings. The first kappa shape index (κ1) is 20.7. The molecule has 0 aliphatic heterocycles. The van der Waals surface area contributed by atoms with Gasteiger partial charge in [0.15, 0.2) is 0 Å². The van der Waals surface area contributed by atoms with Gasteiger partial charge >= 0.3 is 0 Å². The van der Waals surface area contributed by atoms with E-state index in [4.69, 9.17) is 21.1 Å². The monoisotopic (exact) mass is 430 g/mol. The van der Waals surface area contributed by atoms with Gasteiger partial charge < -0.3 is 9.47 Å². The van der Waals surface area contributed by atoms with Crippen LogP contribution >= 0.6 is 11.6 Å². The van der Waals surface area contributed by atoms with Crippen LogP contribution in [0.3, 0.4) is 0 Å². The minimum absolute atomic E-state index is 0.141. The van der Waals surface area contributed by atoms with Gasteiger partial charge in [-0.25, -0.2) is 4.83 Å². The average Bonchev–Trinajstić information content (AvgIpc) is 2.73. The van der Waals surface area contributed by atoms with Crippen LogP contribution in [0.5, 0.6) is 11.5 Å². The summed E-state index contributed by atoms with van der Waals surface area (Å²) in [5.41, 5.74) is 1.47. The molecule has 0 amide bonds. The van der Waals surface area contributed by atoms with E-state index in [1.54, 1.807) is 55.6 Å². The van der Waals surface area contributed by atoms with E-state index in [9.17, 15) is 8.42 Å². The summed E-state index contributed by atoms with van der Waals surface area (Å²) in [6.45, 7) is 0.251. The van der Waals surface area contributed by atoms with Crippen LogP contribution < -0.4 is 14.3 Å². The number of rotatable bonds is 8. The highest BCUT2D eigenvalue weighted by Gasteiger charge is 2.11. The molecule has 0 radical (unpaired) electrons. The van der Waals surface area contributed by atoms with Crippen molar-refractivity contribution in [2.45, 2.75) is 11.5 Å². The Kier molecular flexibility index (Phi) is 6.74. The maximum Gasteiger partial charge on any atom is 0.276 e. The molecule has 6 nitrogen and oxygen atoms in total. The average molecular weight is 431 g/mol. The van der Waals surface area contributed by atoms with Crippen molar-refractivity contribution < 1.29 is 17.9 Å². The first-order valence-corrected chi connectivity index (χ1v) is 10.5. The van der Waals surface area contributed by atoms with E-state index in [0.717, 1.165) is 5.56 Å². The van der Waals surface area contributed by atoms with Crippen LogP contribution in [0.15, 0.2) is 82.8 Å². The second-order valence-electron chi connectivity index (χ2n) is 5.98. The predicted molar refractivity (Wildman–Crippen MR) is 113 cm³/mol. The molecule has 0 unspecified atom stereocenters. The number of ether oxygens (including phenoxy) is 2. The van der Waals surface area contributed by atoms with Gasteiger partial charge in [-0.05, 0) is 54.1 Å². The lowest BCUT2D eigenvalue weighted by Crippen LogP contribution is -2.18. The van der Waals surface area contributed by atoms with E-state index in [0.29, 0.717) is 22.1 Å². The fourth-order valence-corrected chi connectivity index (χ4v) is 3.52. The van der Waals surface area contributed by atoms with E-state index < -0.39 is 10.0 Å². The van der Waals surface area contributed by atoms with Crippen molar-refractivity contribution >= 4 is 27.8 Å². The molecule has 1 N–H and O–H groups in total. The number of methoxy groups -OCH3 is 1. The number of halogens is 1. The van der Waals surface area contributed by atoms with E-state index in [-0.39, 0.29) is 11.5 Å². The summed E-state index contributed by atoms with van der Waals surface area (Å²) < 4.78 is 35.5. The van der Waals surface area contributed by atoms with Crippen molar-refractivity contribution in [3.05, 3.63) is 88.9 Å². The summed E-state index contributed by atoms with van der Waals surface area (Å²) in [4.78, 5) is 2.34. The molecular weight excluding hydrogens is 412 g/mol. The summed E-state index contributed by atoms with van der Waals surface area (Å²) in [7, 11) is -2.14. The smallest absolute Gasteiger partial charge is 0.276 e. The third-order valence-electron chi connectivity index (χ3n) is 3.93. The molecule has 8 heteroatoms. The van der Waals surface area contributed by atoms with Crippen LogP contribution in [0.25, 0.3) is 0 Å². The zero-order valence-corrected chi connectivity index (χ0v) is 17.2. The van der Waals surface area contributed by atoms with E-state index in [1.165, 1.54) is 18.3 Å². The number of benzene rings is 3. The molecule has 0 aromatic heterocycles. The normalized spacial score (nSPS) is 11.4. The van der Waals surface area contributed by atoms with Gasteiger partial charge in [0.1, 0.15) is 18.1 Å². The van der Waals surface area contributed by atoms with Crippen molar-refractivity contribution in [1.29, 1.82) is 0 Å². The summed E-state index contributed by atoms with van der Waals surface area (Å²) in [6, 6.07) is 20.5. The maximum absolute atomic E-state index is 12.2. The van der Waals surface area contributed by atoms with Crippen LogP contribution in [-0.4, -0.2) is 21.7 Å². The van der Waals surface area contributed by atoms with Crippen molar-refractivity contribution in [1.82, 2.24) is 4.83 Å². The molecular formula is C21H19ClN2O4S. The Morgan fingerprint density at radius 1 is 1.03 bits per heavy atom. The van der Waals surface area contributed by atoms with Gasteiger partial charge in [0.2, 0.25) is 0 Å². The maximum atomic E-state index is 12.2. The van der Waals surface area contributed by atoms with Gasteiger partial charge in [-0.2, -0.15) is 13.5 Å². The second-order valence-corrected chi connectivity index (χ2v) is 8.08. The van der Waals surface area contributed by atoms with Gasteiger partial charge in [0.05, 0.1) is 18.2 Å². The predicted octanol–water partition coefficient (Wildman–Crippen LogP) is 4.24. The van der Waals surface area contributed by atoms with Crippen molar-refractivity contribution in [3.63, 3.8) is 0 Å². The molecule has 150 valence electrons. The standard InChI is InChI=1S/C21H19ClN2O4S/c1-27-21-11-10-16(12-17(21)15-28-19-7-5-6-18(22)13-19)14-23-24-29(25,26)20-8-3-2-4-9-20/h2-14,24H,15H2,1H3/b23-14+. The Bertz CT molecular complexity index is 1100. The second kappa shape index (κ2) is 9.45. The largest absolute Gasteiger partial charge is 0.496 e. The molecule has 29 heavy (non-hydrogen) atoms. The molecule has 0 saturated heterocycles. The minimum atomic E-state index is -3.71. The molecule has 3 rings (SSSR count). The van der Waals surface area contributed by atoms with Gasteiger partial charge in [-0.1, -0.05) is 35.9 Å². The van der Waals surface area contributed by atoms with E-state index >= 15 is 0 Å². The third-order valence-corrected chi connectivity index (χ3v) is 5.41. The van der Waals surface area contributed by atoms with Gasteiger partial charge in [0, 0.05) is 10.6 Å². The molecule has 0 atom stereocenters. The number of nitrogens with zero attached hydrogens (tertiary/aromatic N) is 1. The van der Waals surface area contributed by atoms with Crippen molar-refractivity contribution in [2.24, 2.45) is 5.10 Å². The Balaban J connectivity index is 1.71. The lowest BCUT2D eigenvalue weighted by molar-refractivity contribution is 0.296. The van der Waals surface area contributed by atoms with E-state index in [1.807, 2.05) is 12.1 Å². The Labute approximate surface area is 174 Å². The van der Waals surface area contributed by atoms with Crippen LogP contribution in [-0.2, 0) is 16.6 Å². The van der Waals surface area contributed by atoms with Crippen LogP contribution in [0.2, 0.25) is 5.02 Å². The molecule has 0 aliphatic carbocycles. The van der Waals surface area contributed by atoms with Crippen LogP contribution in [0.4, 0.5) is 0 Å². The Morgan fingerprint density at radius 3 is 2.55 bits per heavy atom. The van der Waals surface area contributed by atoms with Gasteiger partial charge in [-0.15, -0.1) is 0 Å². The number of hydrogen-bond acceptors (Lipinski definition) is 5. The summed E-state index contributed by atoms with van der Waals surface area (Å²) in [6.07, 6.45) is 1.42. The Morgan fingerprint density at radius 2 is 1.83 bits per heavy atom. The lowest BCUT2D eigenvalue weighted by atomic mass is 10.1. The molecule has 3 aromatic rings. The first-order chi connectivity index (χ1) is 14.0. The summed E-state index contributed by atoms with van der Waals surface area (Å²) in [5.74, 6) is 1.28. The molecule has 0 heterocycles. The van der Waals surface area contributed by atoms with Gasteiger partial charge in [-0.3, -0.25) is 0 Å². The highest BCUT2D eigenvalue weighted by molar-refractivity contribution is 7.89. The van der Waals surface area contributed by atoms with Crippen molar-refractivity contribution in [2.75, 3.05) is 7.11 Å². The summed E-state index contributed by atoms with van der Waals surface area (Å²) in [5, 5.41) is 4.44. The number of nitrogens with one attached hydrogen (secondary N) is 1. The first-order valence-electron chi connectivity index (χ1n) is 8.63. The van der Waals surface area contributed by atoms with E-state index in [2.05, 4.69) is 9.93 Å². The number of sulfonamides is 1. The minimum Gasteiger partial charge on any atom is -0.496 e. The molecule has 0 spiro atoms. The Hall–Kier alpha value is -3.03. The van der Waals surface area contributed by atoms with Crippen molar-refractivity contribution in [3.8, 4) is 11.5 Å². The summed E-state index contributed by atoms with van der Waals surface area (Å²) >= 11 is 5.97. The highest BCUT2D eigenvalue weighted by Crippen LogP contribution is 2.23. The fraction of sp³-hybridized carbons (Fsp3) is 0.0952. The highest BCUT2D eigenvalue weighted by atomic mass is 35.5. The lowest BCUT2D eigenvalue weighted by Gasteiger charge is -2.11. The van der Waals surface area contributed by atoms with Crippen LogP contribution in [0.1, 0.15) is 11.1 Å². The zero-order valence-electron chi connectivity index (χ0n) is 15.6. The van der Waals surface area contributed by atoms with Crippen LogP contribution in [0, 0.1) is 0 Å². The molecule has 0 saturated carbocycles. The number of hydrogen-bond donors (Lipinski definition) is 1. The fourth-order valence-electron chi connectivity index (χ4n) is 2.53. The molecule has 0 bridgehead atoms. The zero-order chi connectivity index (χ0) is 20.7. The van der Waals surface area contributed by atoms with Gasteiger partial charge in [0.25, 0.3) is 10.0 Å². The third kappa shape index (κ3) is 5.73. The molecule has 0 fully saturated rings. The topological polar surface area (TPSA) is 77.0 Å². The SMILES string of the molecule is COc1ccc(/C=N/NS(=O)(=O)c2ccccc2)cc1COc1cccc(Cl)c1.